The molecule has 0 aromatic heterocycles. The van der Waals surface area contributed by atoms with Crippen molar-refractivity contribution in [1.82, 2.24) is 5.32 Å². The first-order valence-corrected chi connectivity index (χ1v) is 6.80. The lowest BCUT2D eigenvalue weighted by Gasteiger charge is -2.17. The third-order valence-electron chi connectivity index (χ3n) is 3.09. The average Bonchev–Trinajstić information content (AvgIpc) is 2.50. The first-order valence-electron chi connectivity index (χ1n) is 6.43. The summed E-state index contributed by atoms with van der Waals surface area (Å²) in [7, 11) is 1.55. The van der Waals surface area contributed by atoms with Gasteiger partial charge in [-0.15, -0.1) is 0 Å². The molecule has 0 heterocycles. The van der Waals surface area contributed by atoms with Gasteiger partial charge < -0.3 is 10.1 Å². The Morgan fingerprint density at radius 3 is 2.52 bits per heavy atom. The van der Waals surface area contributed by atoms with E-state index < -0.39 is 0 Å². The topological polar surface area (TPSA) is 38.3 Å². The van der Waals surface area contributed by atoms with E-state index in [1.165, 1.54) is 24.3 Å². The van der Waals surface area contributed by atoms with E-state index in [9.17, 15) is 9.18 Å². The second-order valence-corrected chi connectivity index (χ2v) is 4.87. The fourth-order valence-electron chi connectivity index (χ4n) is 1.95. The number of methoxy groups -OCH3 is 1. The number of benzene rings is 2. The van der Waals surface area contributed by atoms with Crippen LogP contribution in [0.25, 0.3) is 0 Å². The highest BCUT2D eigenvalue weighted by Gasteiger charge is 2.15. The van der Waals surface area contributed by atoms with Crippen LogP contribution in [0.5, 0.6) is 0 Å². The maximum atomic E-state index is 12.8. The molecule has 0 aliphatic heterocycles. The first kappa shape index (κ1) is 15.5. The fraction of sp³-hybridized carbons (Fsp3) is 0.188. The summed E-state index contributed by atoms with van der Waals surface area (Å²) in [6.45, 7) is 0.274. The fourth-order valence-corrected chi connectivity index (χ4v) is 2.20. The number of rotatable bonds is 5. The SMILES string of the molecule is COC(CNC(=O)c1ccc(F)cc1)c1ccccc1Cl. The van der Waals surface area contributed by atoms with Gasteiger partial charge >= 0.3 is 0 Å². The van der Waals surface area contributed by atoms with Crippen molar-refractivity contribution in [3.05, 3.63) is 70.5 Å². The van der Waals surface area contributed by atoms with Gasteiger partial charge in [-0.05, 0) is 30.3 Å². The van der Waals surface area contributed by atoms with Crippen molar-refractivity contribution in [3.8, 4) is 0 Å². The predicted molar refractivity (Wildman–Crippen MR) is 79.9 cm³/mol. The largest absolute Gasteiger partial charge is 0.375 e. The smallest absolute Gasteiger partial charge is 0.251 e. The maximum Gasteiger partial charge on any atom is 0.251 e. The molecule has 2 aromatic carbocycles. The maximum absolute atomic E-state index is 12.8. The highest BCUT2D eigenvalue weighted by molar-refractivity contribution is 6.31. The molecule has 0 fully saturated rings. The van der Waals surface area contributed by atoms with Gasteiger partial charge in [-0.2, -0.15) is 0 Å². The molecule has 0 bridgehead atoms. The van der Waals surface area contributed by atoms with E-state index in [2.05, 4.69) is 5.32 Å². The van der Waals surface area contributed by atoms with Crippen LogP contribution in [0.2, 0.25) is 5.02 Å². The zero-order valence-corrected chi connectivity index (χ0v) is 12.2. The quantitative estimate of drug-likeness (QED) is 0.916. The number of carbonyl (C=O) groups is 1. The van der Waals surface area contributed by atoms with Crippen LogP contribution in [0.4, 0.5) is 4.39 Å². The highest BCUT2D eigenvalue weighted by atomic mass is 35.5. The number of ether oxygens (including phenoxy) is 1. The number of carbonyl (C=O) groups excluding carboxylic acids is 1. The zero-order valence-electron chi connectivity index (χ0n) is 11.5. The molecule has 2 aromatic rings. The molecule has 0 spiro atoms. The molecule has 21 heavy (non-hydrogen) atoms. The molecule has 2 rings (SSSR count). The van der Waals surface area contributed by atoms with E-state index in [1.807, 2.05) is 18.2 Å². The molecule has 1 N–H and O–H groups in total. The Morgan fingerprint density at radius 2 is 1.90 bits per heavy atom. The standard InChI is InChI=1S/C16H15ClFNO2/c1-21-15(13-4-2-3-5-14(13)17)10-19-16(20)11-6-8-12(18)9-7-11/h2-9,15H,10H2,1H3,(H,19,20). The molecule has 0 aliphatic carbocycles. The Balaban J connectivity index is 2.02. The zero-order chi connectivity index (χ0) is 15.2. The molecular formula is C16H15ClFNO2. The summed E-state index contributed by atoms with van der Waals surface area (Å²) < 4.78 is 18.2. The van der Waals surface area contributed by atoms with E-state index in [0.29, 0.717) is 10.6 Å². The van der Waals surface area contributed by atoms with Crippen molar-refractivity contribution in [3.63, 3.8) is 0 Å². The number of amides is 1. The van der Waals surface area contributed by atoms with Gasteiger partial charge in [0.15, 0.2) is 0 Å². The number of hydrogen-bond acceptors (Lipinski definition) is 2. The van der Waals surface area contributed by atoms with Gasteiger partial charge in [-0.3, -0.25) is 4.79 Å². The second kappa shape index (κ2) is 7.20. The van der Waals surface area contributed by atoms with Crippen LogP contribution >= 0.6 is 11.6 Å². The van der Waals surface area contributed by atoms with E-state index in [-0.39, 0.29) is 24.4 Å². The Morgan fingerprint density at radius 1 is 1.24 bits per heavy atom. The van der Waals surface area contributed by atoms with Crippen LogP contribution in [0, 0.1) is 5.82 Å². The van der Waals surface area contributed by atoms with Crippen LogP contribution in [0.1, 0.15) is 22.0 Å². The molecule has 110 valence electrons. The van der Waals surface area contributed by atoms with Gasteiger partial charge in [-0.1, -0.05) is 29.8 Å². The molecule has 0 radical (unpaired) electrons. The predicted octanol–water partition coefficient (Wildman–Crippen LogP) is 3.60. The van der Waals surface area contributed by atoms with Crippen molar-refractivity contribution in [2.75, 3.05) is 13.7 Å². The number of nitrogens with one attached hydrogen (secondary N) is 1. The molecule has 1 atom stereocenters. The lowest BCUT2D eigenvalue weighted by Crippen LogP contribution is -2.29. The average molecular weight is 308 g/mol. The lowest BCUT2D eigenvalue weighted by molar-refractivity contribution is 0.0828. The summed E-state index contributed by atoms with van der Waals surface area (Å²) in [5.74, 6) is -0.665. The van der Waals surface area contributed by atoms with Crippen LogP contribution < -0.4 is 5.32 Å². The van der Waals surface area contributed by atoms with Gasteiger partial charge in [0.25, 0.3) is 5.91 Å². The van der Waals surface area contributed by atoms with E-state index in [0.717, 1.165) is 5.56 Å². The van der Waals surface area contributed by atoms with Crippen molar-refractivity contribution in [2.45, 2.75) is 6.10 Å². The minimum Gasteiger partial charge on any atom is -0.375 e. The Labute approximate surface area is 127 Å². The van der Waals surface area contributed by atoms with Gasteiger partial charge in [0.05, 0.1) is 0 Å². The van der Waals surface area contributed by atoms with E-state index >= 15 is 0 Å². The minimum atomic E-state index is -0.377. The minimum absolute atomic E-state index is 0.274. The highest BCUT2D eigenvalue weighted by Crippen LogP contribution is 2.24. The lowest BCUT2D eigenvalue weighted by atomic mass is 10.1. The normalized spacial score (nSPS) is 12.0. The van der Waals surface area contributed by atoms with Crippen molar-refractivity contribution in [1.29, 1.82) is 0 Å². The van der Waals surface area contributed by atoms with Gasteiger partial charge in [0.2, 0.25) is 0 Å². The number of hydrogen-bond donors (Lipinski definition) is 1. The summed E-state index contributed by atoms with van der Waals surface area (Å²) in [6.07, 6.45) is -0.344. The molecule has 0 saturated heterocycles. The molecule has 0 saturated carbocycles. The Kier molecular flexibility index (Phi) is 5.31. The van der Waals surface area contributed by atoms with Crippen LogP contribution in [-0.4, -0.2) is 19.6 Å². The van der Waals surface area contributed by atoms with Crippen LogP contribution in [0.15, 0.2) is 48.5 Å². The second-order valence-electron chi connectivity index (χ2n) is 4.46. The van der Waals surface area contributed by atoms with Crippen molar-refractivity contribution in [2.24, 2.45) is 0 Å². The van der Waals surface area contributed by atoms with Gasteiger partial charge in [-0.25, -0.2) is 4.39 Å². The molecule has 5 heteroatoms. The van der Waals surface area contributed by atoms with Gasteiger partial charge in [0, 0.05) is 29.8 Å². The van der Waals surface area contributed by atoms with Crippen molar-refractivity contribution < 1.29 is 13.9 Å². The monoisotopic (exact) mass is 307 g/mol. The molecule has 3 nitrogen and oxygen atoms in total. The summed E-state index contributed by atoms with van der Waals surface area (Å²) in [4.78, 5) is 12.0. The third-order valence-corrected chi connectivity index (χ3v) is 3.44. The summed E-state index contributed by atoms with van der Waals surface area (Å²) in [5.41, 5.74) is 1.20. The first-order chi connectivity index (χ1) is 10.1. The Bertz CT molecular complexity index is 616. The van der Waals surface area contributed by atoms with Crippen LogP contribution in [-0.2, 0) is 4.74 Å². The van der Waals surface area contributed by atoms with E-state index in [4.69, 9.17) is 16.3 Å². The summed E-state index contributed by atoms with van der Waals surface area (Å²) in [5, 5.41) is 3.33. The summed E-state index contributed by atoms with van der Waals surface area (Å²) in [6, 6.07) is 12.7. The summed E-state index contributed by atoms with van der Waals surface area (Å²) >= 11 is 6.11. The van der Waals surface area contributed by atoms with Crippen LogP contribution in [0.3, 0.4) is 0 Å². The molecule has 0 aliphatic rings. The molecule has 1 unspecified atom stereocenters. The molecular weight excluding hydrogens is 293 g/mol. The van der Waals surface area contributed by atoms with Crippen molar-refractivity contribution >= 4 is 17.5 Å². The third kappa shape index (κ3) is 4.03. The Hall–Kier alpha value is -1.91. The van der Waals surface area contributed by atoms with E-state index in [1.54, 1.807) is 13.2 Å². The molecule has 1 amide bonds. The number of halogens is 2. The van der Waals surface area contributed by atoms with Gasteiger partial charge in [0.1, 0.15) is 11.9 Å².